The Morgan fingerprint density at radius 1 is 1.02 bits per heavy atom. The second-order valence-electron chi connectivity index (χ2n) is 10.9. The molecule has 0 amide bonds. The van der Waals surface area contributed by atoms with Gasteiger partial charge < -0.3 is 34.8 Å². The Balaban J connectivity index is 1.51. The number of ether oxygens (including phenoxy) is 1. The number of H-pyrrole nitrogens is 1. The van der Waals surface area contributed by atoms with E-state index >= 15 is 0 Å². The van der Waals surface area contributed by atoms with Gasteiger partial charge in [-0.15, -0.1) is 0 Å². The minimum Gasteiger partial charge on any atom is -0.507 e. The summed E-state index contributed by atoms with van der Waals surface area (Å²) in [6, 6.07) is 1.54. The molecule has 1 aromatic heterocycles. The summed E-state index contributed by atoms with van der Waals surface area (Å²) >= 11 is 3.49. The molecule has 0 saturated heterocycles. The highest BCUT2D eigenvalue weighted by Crippen LogP contribution is 2.58. The lowest BCUT2D eigenvalue weighted by atomic mass is 9.76. The van der Waals surface area contributed by atoms with E-state index in [9.17, 15) is 39.3 Å². The van der Waals surface area contributed by atoms with E-state index in [1.807, 2.05) is 19.0 Å². The van der Waals surface area contributed by atoms with Crippen molar-refractivity contribution in [3.63, 3.8) is 0 Å². The number of aromatic hydroxyl groups is 3. The van der Waals surface area contributed by atoms with Crippen LogP contribution in [0.5, 0.6) is 17.2 Å². The number of oxime groups is 1. The Kier molecular flexibility index (Phi) is 6.74. The molecule has 3 aliphatic rings. The van der Waals surface area contributed by atoms with Gasteiger partial charge in [-0.1, -0.05) is 5.16 Å². The average Bonchev–Trinajstić information content (AvgIpc) is 3.48. The van der Waals surface area contributed by atoms with Crippen molar-refractivity contribution in [3.8, 4) is 17.2 Å². The minimum absolute atomic E-state index is 0.0865. The number of methoxy groups -OCH3 is 1. The van der Waals surface area contributed by atoms with Gasteiger partial charge >= 0.3 is 0 Å². The number of halogens is 1. The topological polar surface area (TPSA) is 196 Å². The van der Waals surface area contributed by atoms with Gasteiger partial charge in [0.1, 0.15) is 29.3 Å². The second kappa shape index (κ2) is 10.1. The maximum Gasteiger partial charge on any atom is 0.260 e. The summed E-state index contributed by atoms with van der Waals surface area (Å²) in [4.78, 5) is 77.1. The number of carbonyl (C=O) groups is 4. The van der Waals surface area contributed by atoms with Crippen LogP contribution in [-0.4, -0.2) is 88.9 Å². The number of Topliss-reactive ketones (excluding diaryl/α,β-unsaturated/α-hetero) is 3. The Morgan fingerprint density at radius 3 is 2.32 bits per heavy atom. The highest BCUT2D eigenvalue weighted by Gasteiger charge is 2.62. The molecular weight excluding hydrogens is 642 g/mol. The molecule has 0 saturated carbocycles. The molecule has 1 atom stereocenters. The lowest BCUT2D eigenvalue weighted by Gasteiger charge is -2.23. The molecule has 1 heterocycles. The fourth-order valence-corrected chi connectivity index (χ4v) is 6.95. The molecule has 1 spiro atoms. The van der Waals surface area contributed by atoms with Gasteiger partial charge in [-0.05, 0) is 54.5 Å². The van der Waals surface area contributed by atoms with Gasteiger partial charge in [-0.25, -0.2) is 0 Å². The molecule has 4 N–H and O–H groups in total. The van der Waals surface area contributed by atoms with Gasteiger partial charge in [0.05, 0.1) is 46.7 Å². The van der Waals surface area contributed by atoms with E-state index in [0.29, 0.717) is 23.2 Å². The standard InChI is InChI=1S/C30H24BrN3O10/c1-34(2)6-7-44-32-10-11-8-13-16(29(42)33-11)26(39)21-12(22(13)31)4-5-30(21)27(40)19-20(28(30)41)25(38)18-17(24(19)37)14(35)9-15(43-3)23(18)36/h8-10,37-39H,4-7H2,1-3H3,(H,33,42)/b32-10+/t30-/m0/s1. The van der Waals surface area contributed by atoms with Gasteiger partial charge in [0, 0.05) is 28.0 Å². The fraction of sp³-hybridized carbons (Fsp3) is 0.267. The number of hydrogen-bond donors (Lipinski definition) is 4. The number of pyridine rings is 1. The van der Waals surface area contributed by atoms with E-state index in [2.05, 4.69) is 26.1 Å². The zero-order valence-corrected chi connectivity index (χ0v) is 25.1. The number of nitrogens with one attached hydrogen (secondary N) is 1. The summed E-state index contributed by atoms with van der Waals surface area (Å²) in [6.07, 6.45) is 2.02. The zero-order valence-electron chi connectivity index (χ0n) is 23.5. The van der Waals surface area contributed by atoms with Crippen LogP contribution in [0.3, 0.4) is 0 Å². The van der Waals surface area contributed by atoms with Gasteiger partial charge in [0.25, 0.3) is 5.56 Å². The molecule has 3 aromatic rings. The molecular formula is C30H24BrN3O10. The molecule has 6 rings (SSSR count). The summed E-state index contributed by atoms with van der Waals surface area (Å²) in [5.41, 5.74) is -5.01. The number of nitrogens with zero attached hydrogens (tertiary/aromatic N) is 2. The summed E-state index contributed by atoms with van der Waals surface area (Å²) in [7, 11) is 4.89. The van der Waals surface area contributed by atoms with Crippen LogP contribution in [0.2, 0.25) is 0 Å². The molecule has 0 aliphatic heterocycles. The molecule has 0 radical (unpaired) electrons. The van der Waals surface area contributed by atoms with E-state index in [0.717, 1.165) is 13.2 Å². The first kappa shape index (κ1) is 29.3. The average molecular weight is 666 g/mol. The summed E-state index contributed by atoms with van der Waals surface area (Å²) < 4.78 is 5.26. The van der Waals surface area contributed by atoms with Crippen LogP contribution >= 0.6 is 15.9 Å². The van der Waals surface area contributed by atoms with Crippen molar-refractivity contribution >= 4 is 56.0 Å². The molecule has 226 valence electrons. The van der Waals surface area contributed by atoms with Crippen molar-refractivity contribution in [1.82, 2.24) is 9.88 Å². The monoisotopic (exact) mass is 665 g/mol. The quantitative estimate of drug-likeness (QED) is 0.0992. The first-order valence-corrected chi connectivity index (χ1v) is 14.1. The van der Waals surface area contributed by atoms with E-state index in [1.54, 1.807) is 6.07 Å². The van der Waals surface area contributed by atoms with E-state index < -0.39 is 79.4 Å². The molecule has 14 heteroatoms. The van der Waals surface area contributed by atoms with Gasteiger partial charge in [-0.2, -0.15) is 0 Å². The van der Waals surface area contributed by atoms with Crippen LogP contribution in [-0.2, 0) is 21.4 Å². The van der Waals surface area contributed by atoms with Crippen molar-refractivity contribution in [2.24, 2.45) is 5.16 Å². The third-order valence-corrected chi connectivity index (χ3v) is 9.17. The molecule has 0 bridgehead atoms. The highest BCUT2D eigenvalue weighted by atomic mass is 79.9. The number of hydrogen-bond acceptors (Lipinski definition) is 12. The Morgan fingerprint density at radius 2 is 1.68 bits per heavy atom. The molecule has 3 aliphatic carbocycles. The number of carbonyl (C=O) groups excluding carboxylic acids is 4. The first-order chi connectivity index (χ1) is 20.9. The Labute approximate surface area is 256 Å². The highest BCUT2D eigenvalue weighted by molar-refractivity contribution is 9.10. The normalized spacial score (nSPS) is 18.9. The number of aromatic nitrogens is 1. The molecule has 13 nitrogen and oxygen atoms in total. The van der Waals surface area contributed by atoms with Crippen molar-refractivity contribution in [1.29, 1.82) is 0 Å². The number of aromatic amines is 1. The smallest absolute Gasteiger partial charge is 0.260 e. The third-order valence-electron chi connectivity index (χ3n) is 8.26. The number of fused-ring (bicyclic) bond motifs is 5. The van der Waals surface area contributed by atoms with Gasteiger partial charge in [0.2, 0.25) is 5.78 Å². The number of rotatable bonds is 6. The third kappa shape index (κ3) is 3.80. The second-order valence-corrected chi connectivity index (χ2v) is 11.7. The van der Waals surface area contributed by atoms with Crippen molar-refractivity contribution < 1.29 is 44.1 Å². The summed E-state index contributed by atoms with van der Waals surface area (Å²) in [5.74, 6) is -6.78. The first-order valence-electron chi connectivity index (χ1n) is 13.3. The summed E-state index contributed by atoms with van der Waals surface area (Å²) in [5, 5.41) is 37.8. The summed E-state index contributed by atoms with van der Waals surface area (Å²) in [6.45, 7) is 0.933. The number of phenols is 3. The predicted octanol–water partition coefficient (Wildman–Crippen LogP) is 2.49. The molecule has 0 fully saturated rings. The largest absolute Gasteiger partial charge is 0.507 e. The maximum atomic E-state index is 14.2. The number of likely N-dealkylation sites (N-methyl/N-ethyl adjacent to an activating group) is 1. The Bertz CT molecular complexity index is 2010. The SMILES string of the molecule is COC1=CC(=O)c2c(O)c3c(c(O)c2C1=O)C(=O)[C@]1(CCc2c1c(O)c1c(=O)[nH]c(/C=N/OCCN(C)C)cc1c2Br)C3=O. The van der Waals surface area contributed by atoms with Crippen molar-refractivity contribution in [2.45, 2.75) is 18.3 Å². The number of allylic oxidation sites excluding steroid dienone is 2. The predicted molar refractivity (Wildman–Crippen MR) is 158 cm³/mol. The number of benzene rings is 2. The fourth-order valence-electron chi connectivity index (χ4n) is 6.24. The van der Waals surface area contributed by atoms with E-state index in [4.69, 9.17) is 9.57 Å². The lowest BCUT2D eigenvalue weighted by Crippen LogP contribution is -2.36. The van der Waals surface area contributed by atoms with Crippen LogP contribution in [0, 0.1) is 0 Å². The van der Waals surface area contributed by atoms with Crippen LogP contribution in [0.15, 0.2) is 32.3 Å². The van der Waals surface area contributed by atoms with E-state index in [-0.39, 0.29) is 34.9 Å². The maximum absolute atomic E-state index is 14.2. The van der Waals surface area contributed by atoms with Crippen LogP contribution in [0.4, 0.5) is 0 Å². The lowest BCUT2D eigenvalue weighted by molar-refractivity contribution is 0.0790. The number of phenolic OH excluding ortho intramolecular Hbond substituents is 3. The molecule has 2 aromatic carbocycles. The van der Waals surface area contributed by atoms with Crippen molar-refractivity contribution in [2.75, 3.05) is 34.4 Å². The molecule has 0 unspecified atom stereocenters. The Hall–Kier alpha value is -4.82. The van der Waals surface area contributed by atoms with E-state index in [1.165, 1.54) is 6.21 Å². The van der Waals surface area contributed by atoms with Gasteiger partial charge in [0.15, 0.2) is 23.1 Å². The van der Waals surface area contributed by atoms with Crippen LogP contribution in [0.1, 0.15) is 64.7 Å². The van der Waals surface area contributed by atoms with Gasteiger partial charge in [-0.3, -0.25) is 24.0 Å². The number of ketones is 4. The zero-order chi connectivity index (χ0) is 31.8. The minimum atomic E-state index is -2.15. The van der Waals surface area contributed by atoms with Crippen LogP contribution < -0.4 is 5.56 Å². The molecule has 44 heavy (non-hydrogen) atoms. The van der Waals surface area contributed by atoms with Crippen molar-refractivity contribution in [3.05, 3.63) is 71.8 Å². The van der Waals surface area contributed by atoms with Crippen LogP contribution in [0.25, 0.3) is 10.8 Å².